The van der Waals surface area contributed by atoms with Crippen LogP contribution in [0.15, 0.2) is 36.4 Å². The molecule has 0 bridgehead atoms. The first-order valence-electron chi connectivity index (χ1n) is 5.91. The van der Waals surface area contributed by atoms with Gasteiger partial charge in [0.1, 0.15) is 0 Å². The third-order valence-electron chi connectivity index (χ3n) is 2.61. The van der Waals surface area contributed by atoms with Gasteiger partial charge < -0.3 is 4.74 Å². The normalized spacial score (nSPS) is 11.7. The van der Waals surface area contributed by atoms with Crippen LogP contribution < -0.4 is 5.23 Å². The molecule has 20 heavy (non-hydrogen) atoms. The zero-order chi connectivity index (χ0) is 15.1. The number of anilines is 1. The molecule has 2 N–H and O–H groups in total. The first-order chi connectivity index (χ1) is 9.45. The van der Waals surface area contributed by atoms with Gasteiger partial charge in [-0.05, 0) is 37.1 Å². The second-order valence-electron chi connectivity index (χ2n) is 3.92. The van der Waals surface area contributed by atoms with Crippen LogP contribution in [-0.4, -0.2) is 23.0 Å². The molecule has 0 aliphatic rings. The molecule has 0 heterocycles. The fraction of sp³-hybridized carbons (Fsp3) is 0.308. The topological polar surface area (TPSA) is 70.0 Å². The molecule has 0 aliphatic heterocycles. The molecule has 0 aromatic heterocycles. The average molecular weight is 287 g/mol. The number of benzene rings is 1. The van der Waals surface area contributed by atoms with Crippen molar-refractivity contribution in [3.05, 3.63) is 42.0 Å². The minimum absolute atomic E-state index is 0.0791. The molecule has 110 valence electrons. The molecular weight excluding hydrogens is 272 g/mol. The molecule has 0 saturated carbocycles. The van der Waals surface area contributed by atoms with E-state index < -0.39 is 18.0 Å². The summed E-state index contributed by atoms with van der Waals surface area (Å²) in [6.07, 6.45) is -1.41. The van der Waals surface area contributed by atoms with Crippen molar-refractivity contribution in [2.75, 3.05) is 11.8 Å². The highest BCUT2D eigenvalue weighted by molar-refractivity contribution is 5.78. The van der Waals surface area contributed by atoms with Crippen molar-refractivity contribution in [3.8, 4) is 0 Å². The van der Waals surface area contributed by atoms with Gasteiger partial charge in [-0.15, -0.1) is 5.23 Å². The molecular formula is C13H15F2NO4. The fourth-order valence-corrected chi connectivity index (χ4v) is 1.66. The Morgan fingerprint density at radius 2 is 1.95 bits per heavy atom. The highest BCUT2D eigenvalue weighted by Crippen LogP contribution is 2.25. The molecule has 0 saturated heterocycles. The molecule has 0 amide bonds. The Balaban J connectivity index is 2.97. The molecule has 0 spiro atoms. The lowest BCUT2D eigenvalue weighted by atomic mass is 9.95. The van der Waals surface area contributed by atoms with Gasteiger partial charge in [-0.3, -0.25) is 15.2 Å². The molecule has 7 heteroatoms. The lowest BCUT2D eigenvalue weighted by Gasteiger charge is -2.15. The summed E-state index contributed by atoms with van der Waals surface area (Å²) in [6.45, 7) is 1.77. The summed E-state index contributed by atoms with van der Waals surface area (Å²) in [4.78, 5) is 11.8. The van der Waals surface area contributed by atoms with Gasteiger partial charge in [-0.1, -0.05) is 12.1 Å². The van der Waals surface area contributed by atoms with Crippen LogP contribution in [0.1, 0.15) is 24.8 Å². The van der Waals surface area contributed by atoms with Gasteiger partial charge >= 0.3 is 5.97 Å². The molecule has 1 aromatic carbocycles. The number of rotatable bonds is 6. The summed E-state index contributed by atoms with van der Waals surface area (Å²) < 4.78 is 29.2. The Labute approximate surface area is 114 Å². The van der Waals surface area contributed by atoms with Gasteiger partial charge in [0.15, 0.2) is 0 Å². The van der Waals surface area contributed by atoms with Crippen LogP contribution in [-0.2, 0) is 9.53 Å². The van der Waals surface area contributed by atoms with Crippen molar-refractivity contribution in [3.63, 3.8) is 0 Å². The summed E-state index contributed by atoms with van der Waals surface area (Å²) in [5.74, 6) is -1.47. The Morgan fingerprint density at radius 1 is 1.35 bits per heavy atom. The number of halogens is 2. The van der Waals surface area contributed by atoms with Gasteiger partial charge in [0.05, 0.1) is 18.2 Å². The Kier molecular flexibility index (Phi) is 6.08. The Morgan fingerprint density at radius 3 is 2.40 bits per heavy atom. The maximum absolute atomic E-state index is 12.2. The second kappa shape index (κ2) is 7.56. The van der Waals surface area contributed by atoms with E-state index in [0.29, 0.717) is 11.6 Å². The quantitative estimate of drug-likeness (QED) is 0.621. The first kappa shape index (κ1) is 16.1. The average Bonchev–Trinajstić information content (AvgIpc) is 2.39. The van der Waals surface area contributed by atoms with E-state index in [1.54, 1.807) is 6.92 Å². The van der Waals surface area contributed by atoms with Crippen LogP contribution in [0.25, 0.3) is 0 Å². The molecule has 1 unspecified atom stereocenters. The standard InChI is InChI=1S/C13H15F2NO4/c1-2-20-13(17)11(7-8-12(14)15)9-3-5-10(6-4-9)16(18)19/h3-6,8,11,18-19H,2,7H2,1H3. The molecule has 1 rings (SSSR count). The maximum Gasteiger partial charge on any atom is 0.313 e. The van der Waals surface area contributed by atoms with Crippen LogP contribution in [0.5, 0.6) is 0 Å². The minimum Gasteiger partial charge on any atom is -0.466 e. The van der Waals surface area contributed by atoms with Gasteiger partial charge in [-0.25, -0.2) is 0 Å². The number of ether oxygens (including phenoxy) is 1. The molecule has 0 fully saturated rings. The lowest BCUT2D eigenvalue weighted by molar-refractivity contribution is -0.144. The number of carbonyl (C=O) groups is 1. The largest absolute Gasteiger partial charge is 0.466 e. The van der Waals surface area contributed by atoms with E-state index in [1.807, 2.05) is 0 Å². The van der Waals surface area contributed by atoms with E-state index in [4.69, 9.17) is 15.2 Å². The zero-order valence-electron chi connectivity index (χ0n) is 10.8. The summed E-state index contributed by atoms with van der Waals surface area (Å²) in [5.41, 5.74) is 0.537. The van der Waals surface area contributed by atoms with E-state index in [0.717, 1.165) is 0 Å². The van der Waals surface area contributed by atoms with Gasteiger partial charge in [0, 0.05) is 0 Å². The van der Waals surface area contributed by atoms with Crippen molar-refractivity contribution in [2.45, 2.75) is 19.3 Å². The highest BCUT2D eigenvalue weighted by Gasteiger charge is 2.21. The number of hydrogen-bond donors (Lipinski definition) is 2. The minimum atomic E-state index is -1.87. The summed E-state index contributed by atoms with van der Waals surface area (Å²) in [6, 6.07) is 5.58. The maximum atomic E-state index is 12.2. The number of hydrogen-bond acceptors (Lipinski definition) is 5. The summed E-state index contributed by atoms with van der Waals surface area (Å²) in [5, 5.41) is 17.5. The van der Waals surface area contributed by atoms with Crippen LogP contribution in [0.2, 0.25) is 0 Å². The molecule has 0 aliphatic carbocycles. The summed E-state index contributed by atoms with van der Waals surface area (Å²) >= 11 is 0. The van der Waals surface area contributed by atoms with Gasteiger partial charge in [0.25, 0.3) is 6.08 Å². The van der Waals surface area contributed by atoms with Crippen molar-refractivity contribution in [1.29, 1.82) is 0 Å². The Bertz CT molecular complexity index is 470. The number of carbonyl (C=O) groups excluding carboxylic acids is 1. The predicted molar refractivity (Wildman–Crippen MR) is 66.8 cm³/mol. The van der Waals surface area contributed by atoms with E-state index in [2.05, 4.69) is 0 Å². The third-order valence-corrected chi connectivity index (χ3v) is 2.61. The number of esters is 1. The molecule has 5 nitrogen and oxygen atoms in total. The third kappa shape index (κ3) is 4.60. The van der Waals surface area contributed by atoms with Crippen LogP contribution >= 0.6 is 0 Å². The second-order valence-corrected chi connectivity index (χ2v) is 3.92. The summed E-state index contributed by atoms with van der Waals surface area (Å²) in [7, 11) is 0. The SMILES string of the molecule is CCOC(=O)C(CC=C(F)F)c1ccc(N(O)O)cc1. The van der Waals surface area contributed by atoms with Crippen molar-refractivity contribution >= 4 is 11.7 Å². The molecule has 0 radical (unpaired) electrons. The predicted octanol–water partition coefficient (Wildman–Crippen LogP) is 3.09. The Hall–Kier alpha value is -1.99. The van der Waals surface area contributed by atoms with Crippen LogP contribution in [0.3, 0.4) is 0 Å². The zero-order valence-corrected chi connectivity index (χ0v) is 10.8. The first-order valence-corrected chi connectivity index (χ1v) is 5.91. The van der Waals surface area contributed by atoms with Crippen molar-refractivity contribution in [1.82, 2.24) is 0 Å². The number of nitrogens with zero attached hydrogens (tertiary/aromatic N) is 1. The van der Waals surface area contributed by atoms with Crippen LogP contribution in [0.4, 0.5) is 14.5 Å². The van der Waals surface area contributed by atoms with Crippen molar-refractivity contribution in [2.24, 2.45) is 0 Å². The molecule has 1 aromatic rings. The van der Waals surface area contributed by atoms with E-state index >= 15 is 0 Å². The van der Waals surface area contributed by atoms with E-state index in [9.17, 15) is 13.6 Å². The van der Waals surface area contributed by atoms with E-state index in [-0.39, 0.29) is 23.9 Å². The monoisotopic (exact) mass is 287 g/mol. The van der Waals surface area contributed by atoms with Gasteiger partial charge in [-0.2, -0.15) is 8.78 Å². The van der Waals surface area contributed by atoms with E-state index in [1.165, 1.54) is 24.3 Å². The smallest absolute Gasteiger partial charge is 0.313 e. The highest BCUT2D eigenvalue weighted by atomic mass is 19.3. The van der Waals surface area contributed by atoms with Crippen molar-refractivity contribution < 1.29 is 28.7 Å². The van der Waals surface area contributed by atoms with Gasteiger partial charge in [0.2, 0.25) is 0 Å². The molecule has 1 atom stereocenters. The van der Waals surface area contributed by atoms with Crippen LogP contribution in [0, 0.1) is 0 Å². The lowest BCUT2D eigenvalue weighted by Crippen LogP contribution is -2.16. The fourth-order valence-electron chi connectivity index (χ4n) is 1.66. The number of allylic oxidation sites excluding steroid dienone is 1.